The van der Waals surface area contributed by atoms with E-state index in [0.29, 0.717) is 5.75 Å². The monoisotopic (exact) mass is 371 g/mol. The second-order valence-electron chi connectivity index (χ2n) is 6.29. The van der Waals surface area contributed by atoms with Crippen molar-refractivity contribution in [1.82, 2.24) is 10.2 Å². The zero-order valence-corrected chi connectivity index (χ0v) is 15.8. The van der Waals surface area contributed by atoms with E-state index in [9.17, 15) is 5.11 Å². The number of nitrogens with zero attached hydrogens (tertiary/aromatic N) is 2. The minimum atomic E-state index is 0.334. The smallest absolute Gasteiger partial charge is 0.169 e. The van der Waals surface area contributed by atoms with Crippen LogP contribution in [0.15, 0.2) is 48.5 Å². The first kappa shape index (κ1) is 18.3. The number of ether oxygens (including phenoxy) is 1. The van der Waals surface area contributed by atoms with Crippen molar-refractivity contribution in [3.05, 3.63) is 54.1 Å². The Labute approximate surface area is 160 Å². The highest BCUT2D eigenvalue weighted by Gasteiger charge is 2.20. The molecular weight excluding hydrogens is 346 g/mol. The van der Waals surface area contributed by atoms with Gasteiger partial charge in [-0.2, -0.15) is 0 Å². The van der Waals surface area contributed by atoms with Gasteiger partial charge in [0.15, 0.2) is 5.11 Å². The molecule has 5 nitrogen and oxygen atoms in total. The van der Waals surface area contributed by atoms with Crippen LogP contribution in [0.2, 0.25) is 0 Å². The molecule has 1 saturated heterocycles. The van der Waals surface area contributed by atoms with E-state index in [1.54, 1.807) is 13.2 Å². The van der Waals surface area contributed by atoms with Crippen LogP contribution < -0.4 is 15.0 Å². The van der Waals surface area contributed by atoms with Gasteiger partial charge in [0.1, 0.15) is 11.5 Å². The van der Waals surface area contributed by atoms with E-state index in [1.165, 1.54) is 5.56 Å². The number of thiocarbonyl (C=S) groups is 1. The van der Waals surface area contributed by atoms with Gasteiger partial charge >= 0.3 is 0 Å². The number of piperazine rings is 1. The predicted octanol–water partition coefficient (Wildman–Crippen LogP) is 2.64. The van der Waals surface area contributed by atoms with Gasteiger partial charge in [-0.15, -0.1) is 0 Å². The summed E-state index contributed by atoms with van der Waals surface area (Å²) in [7, 11) is 1.67. The highest BCUT2D eigenvalue weighted by Crippen LogP contribution is 2.27. The van der Waals surface area contributed by atoms with Crippen LogP contribution in [0.3, 0.4) is 0 Å². The number of aromatic hydroxyl groups is 1. The lowest BCUT2D eigenvalue weighted by Gasteiger charge is -2.37. The van der Waals surface area contributed by atoms with Crippen molar-refractivity contribution in [3.63, 3.8) is 0 Å². The SMILES string of the molecule is COc1ccc(CCNC(=S)N2CCN(c3ccccc3O)CC2)cc1. The molecule has 0 unspecified atom stereocenters. The second kappa shape index (κ2) is 8.76. The average molecular weight is 372 g/mol. The van der Waals surface area contributed by atoms with E-state index in [0.717, 1.165) is 55.7 Å². The van der Waals surface area contributed by atoms with Crippen LogP contribution in [0.4, 0.5) is 5.69 Å². The molecule has 0 radical (unpaired) electrons. The lowest BCUT2D eigenvalue weighted by molar-refractivity contribution is 0.377. The van der Waals surface area contributed by atoms with E-state index in [2.05, 4.69) is 27.2 Å². The largest absolute Gasteiger partial charge is 0.506 e. The molecule has 1 aliphatic rings. The summed E-state index contributed by atoms with van der Waals surface area (Å²) in [4.78, 5) is 4.39. The minimum absolute atomic E-state index is 0.334. The summed E-state index contributed by atoms with van der Waals surface area (Å²) in [5.41, 5.74) is 2.15. The van der Waals surface area contributed by atoms with Gasteiger partial charge in [-0.3, -0.25) is 0 Å². The Morgan fingerprint density at radius 1 is 1.08 bits per heavy atom. The van der Waals surface area contributed by atoms with E-state index in [1.807, 2.05) is 30.3 Å². The molecule has 138 valence electrons. The number of anilines is 1. The topological polar surface area (TPSA) is 48.0 Å². The maximum Gasteiger partial charge on any atom is 0.169 e. The van der Waals surface area contributed by atoms with Crippen molar-refractivity contribution in [2.75, 3.05) is 44.7 Å². The third kappa shape index (κ3) is 4.58. The van der Waals surface area contributed by atoms with E-state index >= 15 is 0 Å². The lowest BCUT2D eigenvalue weighted by atomic mass is 10.1. The molecule has 0 aliphatic carbocycles. The first-order valence-electron chi connectivity index (χ1n) is 8.86. The fourth-order valence-corrected chi connectivity index (χ4v) is 3.38. The van der Waals surface area contributed by atoms with E-state index in [-0.39, 0.29) is 0 Å². The number of hydrogen-bond acceptors (Lipinski definition) is 4. The van der Waals surface area contributed by atoms with Gasteiger partial charge in [0, 0.05) is 32.7 Å². The standard InChI is InChI=1S/C20H25N3O2S/c1-25-17-8-6-16(7-9-17)10-11-21-20(26)23-14-12-22(13-15-23)18-4-2-3-5-19(18)24/h2-9,24H,10-15H2,1H3,(H,21,26). The number of nitrogens with one attached hydrogen (secondary N) is 1. The van der Waals surface area contributed by atoms with Gasteiger partial charge in [-0.05, 0) is 48.5 Å². The summed E-state index contributed by atoms with van der Waals surface area (Å²) in [6, 6.07) is 15.6. The van der Waals surface area contributed by atoms with Crippen LogP contribution in [-0.2, 0) is 6.42 Å². The van der Waals surface area contributed by atoms with Gasteiger partial charge in [-0.25, -0.2) is 0 Å². The fourth-order valence-electron chi connectivity index (χ4n) is 3.10. The molecule has 6 heteroatoms. The molecule has 0 amide bonds. The molecule has 0 aromatic heterocycles. The van der Waals surface area contributed by atoms with Crippen LogP contribution in [-0.4, -0.2) is 55.0 Å². The molecule has 2 aromatic carbocycles. The van der Waals surface area contributed by atoms with Crippen LogP contribution in [0.1, 0.15) is 5.56 Å². The maximum absolute atomic E-state index is 9.99. The van der Waals surface area contributed by atoms with Crippen LogP contribution in [0, 0.1) is 0 Å². The number of phenolic OH excluding ortho intramolecular Hbond substituents is 1. The molecule has 0 spiro atoms. The summed E-state index contributed by atoms with van der Waals surface area (Å²) in [6.07, 6.45) is 0.919. The van der Waals surface area contributed by atoms with Gasteiger partial charge in [0.25, 0.3) is 0 Å². The Bertz CT molecular complexity index is 728. The first-order chi connectivity index (χ1) is 12.7. The zero-order valence-electron chi connectivity index (χ0n) is 15.0. The quantitative estimate of drug-likeness (QED) is 0.788. The van der Waals surface area contributed by atoms with Crippen molar-refractivity contribution in [3.8, 4) is 11.5 Å². The highest BCUT2D eigenvalue weighted by molar-refractivity contribution is 7.80. The Balaban J connectivity index is 1.43. The molecule has 3 rings (SSSR count). The number of phenols is 1. The molecule has 26 heavy (non-hydrogen) atoms. The van der Waals surface area contributed by atoms with E-state index < -0.39 is 0 Å². The molecule has 0 atom stereocenters. The summed E-state index contributed by atoms with van der Waals surface area (Å²) in [5, 5.41) is 14.1. The third-order valence-corrected chi connectivity index (χ3v) is 5.04. The molecular formula is C20H25N3O2S. The number of para-hydroxylation sites is 2. The first-order valence-corrected chi connectivity index (χ1v) is 9.27. The molecule has 2 N–H and O–H groups in total. The van der Waals surface area contributed by atoms with Crippen LogP contribution in [0.5, 0.6) is 11.5 Å². The van der Waals surface area contributed by atoms with Gasteiger partial charge in [0.05, 0.1) is 12.8 Å². The Kier molecular flexibility index (Phi) is 6.17. The summed E-state index contributed by atoms with van der Waals surface area (Å²) in [5.74, 6) is 1.21. The van der Waals surface area contributed by atoms with Crippen LogP contribution in [0.25, 0.3) is 0 Å². The number of benzene rings is 2. The predicted molar refractivity (Wildman–Crippen MR) is 109 cm³/mol. The average Bonchev–Trinajstić information content (AvgIpc) is 2.69. The van der Waals surface area contributed by atoms with Crippen molar-refractivity contribution >= 4 is 23.0 Å². The Morgan fingerprint density at radius 2 is 1.77 bits per heavy atom. The second-order valence-corrected chi connectivity index (χ2v) is 6.68. The maximum atomic E-state index is 9.99. The third-order valence-electron chi connectivity index (χ3n) is 4.64. The number of hydrogen-bond donors (Lipinski definition) is 2. The molecule has 0 saturated carbocycles. The minimum Gasteiger partial charge on any atom is -0.506 e. The Hall–Kier alpha value is -2.47. The van der Waals surface area contributed by atoms with Crippen molar-refractivity contribution in [1.29, 1.82) is 0 Å². The summed E-state index contributed by atoms with van der Waals surface area (Å²) >= 11 is 5.54. The lowest BCUT2D eigenvalue weighted by Crippen LogP contribution is -2.52. The number of methoxy groups -OCH3 is 1. The van der Waals surface area contributed by atoms with Gasteiger partial charge in [0.2, 0.25) is 0 Å². The molecule has 1 aliphatic heterocycles. The Morgan fingerprint density at radius 3 is 2.42 bits per heavy atom. The highest BCUT2D eigenvalue weighted by atomic mass is 32.1. The molecule has 1 fully saturated rings. The van der Waals surface area contributed by atoms with Gasteiger partial charge in [-0.1, -0.05) is 24.3 Å². The van der Waals surface area contributed by atoms with E-state index in [4.69, 9.17) is 17.0 Å². The number of rotatable bonds is 5. The normalized spacial score (nSPS) is 14.2. The summed E-state index contributed by atoms with van der Waals surface area (Å²) < 4.78 is 5.18. The van der Waals surface area contributed by atoms with Crippen molar-refractivity contribution < 1.29 is 9.84 Å². The molecule has 0 bridgehead atoms. The van der Waals surface area contributed by atoms with Crippen molar-refractivity contribution in [2.45, 2.75) is 6.42 Å². The summed E-state index contributed by atoms with van der Waals surface area (Å²) in [6.45, 7) is 4.20. The fraction of sp³-hybridized carbons (Fsp3) is 0.350. The van der Waals surface area contributed by atoms with Crippen molar-refractivity contribution in [2.24, 2.45) is 0 Å². The zero-order chi connectivity index (χ0) is 18.4. The van der Waals surface area contributed by atoms with Crippen LogP contribution >= 0.6 is 12.2 Å². The molecule has 2 aromatic rings. The van der Waals surface area contributed by atoms with Gasteiger partial charge < -0.3 is 25.0 Å². The molecule has 1 heterocycles.